The van der Waals surface area contributed by atoms with Crippen molar-refractivity contribution < 1.29 is 13.3 Å². The minimum absolute atomic E-state index is 0.0705. The molecule has 20 heavy (non-hydrogen) atoms. The highest BCUT2D eigenvalue weighted by atomic mass is 32.2. The lowest BCUT2D eigenvalue weighted by atomic mass is 10.1. The minimum Gasteiger partial charge on any atom is -0.495 e. The van der Waals surface area contributed by atoms with Crippen LogP contribution in [0.15, 0.2) is 47.4 Å². The van der Waals surface area contributed by atoms with E-state index in [2.05, 4.69) is 0 Å². The number of para-hydroxylation sites is 1. The molecule has 0 bridgehead atoms. The summed E-state index contributed by atoms with van der Waals surface area (Å²) in [5.41, 5.74) is 0.756. The van der Waals surface area contributed by atoms with Crippen LogP contribution in [-0.4, -0.2) is 11.3 Å². The van der Waals surface area contributed by atoms with E-state index in [9.17, 15) is 8.60 Å². The fourth-order valence-corrected chi connectivity index (χ4v) is 3.10. The van der Waals surface area contributed by atoms with E-state index < -0.39 is 16.6 Å². The van der Waals surface area contributed by atoms with E-state index in [0.717, 1.165) is 0 Å². The van der Waals surface area contributed by atoms with Gasteiger partial charge in [-0.05, 0) is 35.9 Å². The third-order valence-corrected chi connectivity index (χ3v) is 4.19. The summed E-state index contributed by atoms with van der Waals surface area (Å²) < 4.78 is 30.8. The maximum Gasteiger partial charge on any atom is 0.134 e. The average molecular weight is 289 g/mol. The smallest absolute Gasteiger partial charge is 0.134 e. The number of halogens is 1. The number of methoxy groups -OCH3 is 1. The summed E-state index contributed by atoms with van der Waals surface area (Å²) in [6, 6.07) is 12.8. The Morgan fingerprint density at radius 2 is 2.05 bits per heavy atom. The first-order valence-corrected chi connectivity index (χ1v) is 7.17. The third kappa shape index (κ3) is 3.03. The molecule has 0 aliphatic heterocycles. The van der Waals surface area contributed by atoms with Crippen LogP contribution >= 0.6 is 0 Å². The van der Waals surface area contributed by atoms with Crippen LogP contribution in [-0.2, 0) is 16.6 Å². The zero-order chi connectivity index (χ0) is 14.5. The highest BCUT2D eigenvalue weighted by Crippen LogP contribution is 2.24. The highest BCUT2D eigenvalue weighted by molar-refractivity contribution is 7.84. The van der Waals surface area contributed by atoms with Gasteiger partial charge in [0.1, 0.15) is 11.6 Å². The zero-order valence-corrected chi connectivity index (χ0v) is 11.6. The molecule has 5 heteroatoms. The SMILES string of the molecule is COc1ccccc1S(=O)Cc1cc(F)ccc1C#N. The van der Waals surface area contributed by atoms with E-state index in [4.69, 9.17) is 10.00 Å². The first kappa shape index (κ1) is 14.2. The molecule has 0 N–H and O–H groups in total. The van der Waals surface area contributed by atoms with Crippen molar-refractivity contribution in [3.8, 4) is 11.8 Å². The Morgan fingerprint density at radius 3 is 2.75 bits per heavy atom. The Balaban J connectivity index is 2.33. The lowest BCUT2D eigenvalue weighted by Gasteiger charge is -2.09. The Morgan fingerprint density at radius 1 is 1.30 bits per heavy atom. The molecule has 0 fully saturated rings. The predicted octanol–water partition coefficient (Wildman–Crippen LogP) is 3.01. The summed E-state index contributed by atoms with van der Waals surface area (Å²) >= 11 is 0. The minimum atomic E-state index is -1.41. The number of nitriles is 1. The van der Waals surface area contributed by atoms with Gasteiger partial charge in [-0.15, -0.1) is 0 Å². The molecule has 0 spiro atoms. The summed E-state index contributed by atoms with van der Waals surface area (Å²) in [5, 5.41) is 9.00. The second-order valence-electron chi connectivity index (χ2n) is 4.05. The summed E-state index contributed by atoms with van der Waals surface area (Å²) in [6.45, 7) is 0. The number of hydrogen-bond donors (Lipinski definition) is 0. The summed E-state index contributed by atoms with van der Waals surface area (Å²) in [6.07, 6.45) is 0. The molecule has 0 saturated carbocycles. The molecule has 0 aliphatic carbocycles. The van der Waals surface area contributed by atoms with E-state index in [1.807, 2.05) is 6.07 Å². The van der Waals surface area contributed by atoms with Crippen molar-refractivity contribution in [1.29, 1.82) is 5.26 Å². The highest BCUT2D eigenvalue weighted by Gasteiger charge is 2.13. The number of hydrogen-bond acceptors (Lipinski definition) is 3. The van der Waals surface area contributed by atoms with Gasteiger partial charge < -0.3 is 4.74 Å². The lowest BCUT2D eigenvalue weighted by Crippen LogP contribution is -2.01. The fraction of sp³-hybridized carbons (Fsp3) is 0.133. The molecule has 0 saturated heterocycles. The van der Waals surface area contributed by atoms with Gasteiger partial charge in [-0.1, -0.05) is 12.1 Å². The van der Waals surface area contributed by atoms with E-state index in [1.165, 1.54) is 25.3 Å². The molecule has 0 aliphatic rings. The van der Waals surface area contributed by atoms with E-state index >= 15 is 0 Å². The maximum atomic E-state index is 13.2. The molecule has 0 heterocycles. The average Bonchev–Trinajstić information content (AvgIpc) is 2.47. The molecular formula is C15H12FNO2S. The summed E-state index contributed by atoms with van der Waals surface area (Å²) in [5.74, 6) is 0.137. The second kappa shape index (κ2) is 6.31. The molecule has 2 aromatic rings. The Bertz CT molecular complexity index is 695. The van der Waals surface area contributed by atoms with Crippen molar-refractivity contribution in [2.45, 2.75) is 10.6 Å². The Kier molecular flexibility index (Phi) is 4.49. The molecule has 1 unspecified atom stereocenters. The third-order valence-electron chi connectivity index (χ3n) is 2.79. The molecule has 0 aromatic heterocycles. The number of nitrogens with zero attached hydrogens (tertiary/aromatic N) is 1. The first-order valence-electron chi connectivity index (χ1n) is 5.85. The normalized spacial score (nSPS) is 11.7. The standard InChI is InChI=1S/C15H12FNO2S/c1-19-14-4-2-3-5-15(14)20(18)10-12-8-13(16)7-6-11(12)9-17/h2-8H,10H2,1H3. The van der Waals surface area contributed by atoms with E-state index in [-0.39, 0.29) is 5.75 Å². The monoisotopic (exact) mass is 289 g/mol. The van der Waals surface area contributed by atoms with Crippen LogP contribution in [0.4, 0.5) is 4.39 Å². The molecule has 2 aromatic carbocycles. The van der Waals surface area contributed by atoms with E-state index in [1.54, 1.807) is 24.3 Å². The van der Waals surface area contributed by atoms with Crippen molar-refractivity contribution in [3.63, 3.8) is 0 Å². The number of ether oxygens (including phenoxy) is 1. The van der Waals surface area contributed by atoms with Crippen molar-refractivity contribution in [3.05, 3.63) is 59.4 Å². The summed E-state index contributed by atoms with van der Waals surface area (Å²) in [4.78, 5) is 0.531. The van der Waals surface area contributed by atoms with Crippen molar-refractivity contribution in [2.75, 3.05) is 7.11 Å². The van der Waals surface area contributed by atoms with E-state index in [0.29, 0.717) is 21.8 Å². The molecule has 1 atom stereocenters. The van der Waals surface area contributed by atoms with Gasteiger partial charge in [0.2, 0.25) is 0 Å². The Labute approximate surface area is 119 Å². The Hall–Kier alpha value is -2.19. The molecule has 3 nitrogen and oxygen atoms in total. The van der Waals surface area contributed by atoms with Gasteiger partial charge in [-0.3, -0.25) is 4.21 Å². The van der Waals surface area contributed by atoms with Gasteiger partial charge in [0, 0.05) is 0 Å². The van der Waals surface area contributed by atoms with Crippen molar-refractivity contribution >= 4 is 10.8 Å². The van der Waals surface area contributed by atoms with Crippen LogP contribution < -0.4 is 4.74 Å². The van der Waals surface area contributed by atoms with Gasteiger partial charge in [0.15, 0.2) is 0 Å². The zero-order valence-electron chi connectivity index (χ0n) is 10.8. The molecule has 0 amide bonds. The topological polar surface area (TPSA) is 50.1 Å². The number of benzene rings is 2. The molecule has 102 valence electrons. The van der Waals surface area contributed by atoms with Crippen LogP contribution in [0.5, 0.6) is 5.75 Å². The maximum absolute atomic E-state index is 13.2. The number of rotatable bonds is 4. The van der Waals surface area contributed by atoms with Crippen LogP contribution in [0, 0.1) is 17.1 Å². The van der Waals surface area contributed by atoms with Crippen LogP contribution in [0.3, 0.4) is 0 Å². The molecular weight excluding hydrogens is 277 g/mol. The van der Waals surface area contributed by atoms with Crippen LogP contribution in [0.2, 0.25) is 0 Å². The van der Waals surface area contributed by atoms with Crippen molar-refractivity contribution in [1.82, 2.24) is 0 Å². The predicted molar refractivity (Wildman–Crippen MR) is 74.2 cm³/mol. The van der Waals surface area contributed by atoms with Gasteiger partial charge in [-0.25, -0.2) is 4.39 Å². The van der Waals surface area contributed by atoms with Crippen LogP contribution in [0.1, 0.15) is 11.1 Å². The quantitative estimate of drug-likeness (QED) is 0.869. The summed E-state index contributed by atoms with van der Waals surface area (Å²) in [7, 11) is 0.0902. The van der Waals surface area contributed by atoms with Gasteiger partial charge in [0.05, 0.1) is 40.2 Å². The second-order valence-corrected chi connectivity index (χ2v) is 5.47. The van der Waals surface area contributed by atoms with Gasteiger partial charge in [0.25, 0.3) is 0 Å². The van der Waals surface area contributed by atoms with Crippen LogP contribution in [0.25, 0.3) is 0 Å². The largest absolute Gasteiger partial charge is 0.495 e. The first-order chi connectivity index (χ1) is 9.65. The lowest BCUT2D eigenvalue weighted by molar-refractivity contribution is 0.404. The van der Waals surface area contributed by atoms with Gasteiger partial charge >= 0.3 is 0 Å². The molecule has 0 radical (unpaired) electrons. The van der Waals surface area contributed by atoms with Gasteiger partial charge in [-0.2, -0.15) is 5.26 Å². The van der Waals surface area contributed by atoms with Crippen molar-refractivity contribution in [2.24, 2.45) is 0 Å². The fourth-order valence-electron chi connectivity index (χ4n) is 1.82. The molecule has 2 rings (SSSR count).